The molecule has 1 amide bonds. The van der Waals surface area contributed by atoms with Crippen LogP contribution in [0.25, 0.3) is 0 Å². The third-order valence-corrected chi connectivity index (χ3v) is 3.81. The van der Waals surface area contributed by atoms with Crippen molar-refractivity contribution in [3.05, 3.63) is 35.9 Å². The molecule has 1 aliphatic heterocycles. The third-order valence-electron chi connectivity index (χ3n) is 3.81. The quantitative estimate of drug-likeness (QED) is 0.802. The summed E-state index contributed by atoms with van der Waals surface area (Å²) < 4.78 is 5.35. The Morgan fingerprint density at radius 2 is 2.00 bits per heavy atom. The van der Waals surface area contributed by atoms with Crippen LogP contribution in [0, 0.1) is 0 Å². The van der Waals surface area contributed by atoms with Gasteiger partial charge in [-0.3, -0.25) is 9.59 Å². The van der Waals surface area contributed by atoms with E-state index in [4.69, 9.17) is 9.84 Å². The molecule has 1 aromatic rings. The lowest BCUT2D eigenvalue weighted by Gasteiger charge is -2.28. The molecule has 2 rings (SSSR count). The van der Waals surface area contributed by atoms with Crippen molar-refractivity contribution in [2.45, 2.75) is 37.6 Å². The Morgan fingerprint density at radius 3 is 2.62 bits per heavy atom. The number of hydrogen-bond donors (Lipinski definition) is 2. The number of ether oxygens (including phenoxy) is 1. The number of amides is 1. The monoisotopic (exact) mass is 291 g/mol. The molecule has 1 aliphatic rings. The van der Waals surface area contributed by atoms with Crippen molar-refractivity contribution in [2.24, 2.45) is 0 Å². The normalized spacial score (nSPS) is 21.1. The van der Waals surface area contributed by atoms with Gasteiger partial charge in [0.05, 0.1) is 12.1 Å². The van der Waals surface area contributed by atoms with Crippen LogP contribution in [0.1, 0.15) is 31.2 Å². The summed E-state index contributed by atoms with van der Waals surface area (Å²) in [4.78, 5) is 22.8. The van der Waals surface area contributed by atoms with Crippen molar-refractivity contribution < 1.29 is 19.4 Å². The van der Waals surface area contributed by atoms with E-state index < -0.39 is 11.5 Å². The number of rotatable bonds is 7. The van der Waals surface area contributed by atoms with Gasteiger partial charge in [-0.05, 0) is 24.8 Å². The van der Waals surface area contributed by atoms with Crippen LogP contribution in [0.5, 0.6) is 0 Å². The van der Waals surface area contributed by atoms with Gasteiger partial charge in [-0.1, -0.05) is 30.3 Å². The number of aryl methyl sites for hydroxylation is 1. The SMILES string of the molecule is O=C(O)CCC1(NC(=O)CCc2ccccc2)CCOC1. The number of carboxylic acid groups (broad SMARTS) is 1. The fourth-order valence-electron chi connectivity index (χ4n) is 2.57. The van der Waals surface area contributed by atoms with Gasteiger partial charge in [-0.2, -0.15) is 0 Å². The van der Waals surface area contributed by atoms with E-state index in [0.717, 1.165) is 5.56 Å². The van der Waals surface area contributed by atoms with Crippen molar-refractivity contribution in [3.8, 4) is 0 Å². The van der Waals surface area contributed by atoms with Crippen LogP contribution in [0.4, 0.5) is 0 Å². The molecule has 5 heteroatoms. The maximum atomic E-state index is 12.1. The number of aliphatic carboxylic acids is 1. The van der Waals surface area contributed by atoms with Gasteiger partial charge < -0.3 is 15.2 Å². The second kappa shape index (κ2) is 7.22. The Morgan fingerprint density at radius 1 is 1.24 bits per heavy atom. The summed E-state index contributed by atoms with van der Waals surface area (Å²) in [7, 11) is 0. The molecule has 0 saturated carbocycles. The lowest BCUT2D eigenvalue weighted by Crippen LogP contribution is -2.49. The van der Waals surface area contributed by atoms with Crippen LogP contribution >= 0.6 is 0 Å². The van der Waals surface area contributed by atoms with Crippen molar-refractivity contribution in [1.82, 2.24) is 5.32 Å². The second-order valence-corrected chi connectivity index (χ2v) is 5.51. The molecular weight excluding hydrogens is 270 g/mol. The van der Waals surface area contributed by atoms with E-state index >= 15 is 0 Å². The van der Waals surface area contributed by atoms with Gasteiger partial charge >= 0.3 is 5.97 Å². The van der Waals surface area contributed by atoms with Crippen LogP contribution in [0.2, 0.25) is 0 Å². The highest BCUT2D eigenvalue weighted by Gasteiger charge is 2.36. The van der Waals surface area contributed by atoms with Crippen LogP contribution in [0.15, 0.2) is 30.3 Å². The number of benzene rings is 1. The summed E-state index contributed by atoms with van der Waals surface area (Å²) in [5.74, 6) is -0.894. The zero-order valence-electron chi connectivity index (χ0n) is 12.0. The topological polar surface area (TPSA) is 75.6 Å². The molecule has 1 atom stereocenters. The first kappa shape index (κ1) is 15.5. The zero-order valence-corrected chi connectivity index (χ0v) is 12.0. The maximum Gasteiger partial charge on any atom is 0.303 e. The van der Waals surface area contributed by atoms with E-state index in [0.29, 0.717) is 38.9 Å². The Balaban J connectivity index is 1.85. The predicted octanol–water partition coefficient (Wildman–Crippen LogP) is 1.76. The lowest BCUT2D eigenvalue weighted by molar-refractivity contribution is -0.138. The molecule has 0 radical (unpaired) electrons. The molecule has 1 heterocycles. The average molecular weight is 291 g/mol. The Labute approximate surface area is 124 Å². The van der Waals surface area contributed by atoms with E-state index in [-0.39, 0.29) is 12.3 Å². The van der Waals surface area contributed by atoms with Crippen LogP contribution < -0.4 is 5.32 Å². The number of nitrogens with one attached hydrogen (secondary N) is 1. The lowest BCUT2D eigenvalue weighted by atomic mass is 9.92. The Kier molecular flexibility index (Phi) is 5.33. The zero-order chi connectivity index (χ0) is 15.1. The van der Waals surface area contributed by atoms with Crippen molar-refractivity contribution in [2.75, 3.05) is 13.2 Å². The third kappa shape index (κ3) is 4.86. The summed E-state index contributed by atoms with van der Waals surface area (Å²) in [6.07, 6.45) is 2.22. The fraction of sp³-hybridized carbons (Fsp3) is 0.500. The summed E-state index contributed by atoms with van der Waals surface area (Å²) in [6, 6.07) is 9.83. The molecule has 2 N–H and O–H groups in total. The highest BCUT2D eigenvalue weighted by atomic mass is 16.5. The van der Waals surface area contributed by atoms with Gasteiger partial charge in [0.25, 0.3) is 0 Å². The molecule has 0 aromatic heterocycles. The first-order valence-corrected chi connectivity index (χ1v) is 7.24. The van der Waals surface area contributed by atoms with Gasteiger partial charge in [-0.15, -0.1) is 0 Å². The number of carbonyl (C=O) groups excluding carboxylic acids is 1. The number of carboxylic acids is 1. The summed E-state index contributed by atoms with van der Waals surface area (Å²) in [5.41, 5.74) is 0.613. The number of hydrogen-bond acceptors (Lipinski definition) is 3. The summed E-state index contributed by atoms with van der Waals surface area (Å²) in [5, 5.41) is 11.8. The molecule has 114 valence electrons. The van der Waals surface area contributed by atoms with Gasteiger partial charge in [0.15, 0.2) is 0 Å². The number of carbonyl (C=O) groups is 2. The Bertz CT molecular complexity index is 480. The second-order valence-electron chi connectivity index (χ2n) is 5.51. The highest BCUT2D eigenvalue weighted by molar-refractivity contribution is 5.77. The minimum Gasteiger partial charge on any atom is -0.481 e. The van der Waals surface area contributed by atoms with E-state index in [1.165, 1.54) is 0 Å². The summed E-state index contributed by atoms with van der Waals surface area (Å²) >= 11 is 0. The maximum absolute atomic E-state index is 12.1. The smallest absolute Gasteiger partial charge is 0.303 e. The summed E-state index contributed by atoms with van der Waals surface area (Å²) in [6.45, 7) is 0.968. The van der Waals surface area contributed by atoms with E-state index in [1.807, 2.05) is 30.3 Å². The average Bonchev–Trinajstić information content (AvgIpc) is 2.93. The molecule has 1 fully saturated rings. The van der Waals surface area contributed by atoms with Crippen LogP contribution in [0.3, 0.4) is 0 Å². The van der Waals surface area contributed by atoms with Gasteiger partial charge in [0.1, 0.15) is 0 Å². The molecule has 21 heavy (non-hydrogen) atoms. The minimum atomic E-state index is -0.847. The van der Waals surface area contributed by atoms with E-state index in [2.05, 4.69) is 5.32 Å². The highest BCUT2D eigenvalue weighted by Crippen LogP contribution is 2.24. The molecular formula is C16H21NO4. The van der Waals surface area contributed by atoms with Crippen molar-refractivity contribution >= 4 is 11.9 Å². The largest absolute Gasteiger partial charge is 0.481 e. The van der Waals surface area contributed by atoms with E-state index in [1.54, 1.807) is 0 Å². The van der Waals surface area contributed by atoms with E-state index in [9.17, 15) is 9.59 Å². The standard InChI is InChI=1S/C16H21NO4/c18-14(7-6-13-4-2-1-3-5-13)17-16(9-8-15(19)20)10-11-21-12-16/h1-5H,6-12H2,(H,17,18)(H,19,20). The molecule has 1 saturated heterocycles. The molecule has 0 spiro atoms. The molecule has 1 unspecified atom stereocenters. The van der Waals surface area contributed by atoms with Crippen LogP contribution in [-0.4, -0.2) is 35.7 Å². The molecule has 0 aliphatic carbocycles. The molecule has 0 bridgehead atoms. The van der Waals surface area contributed by atoms with Gasteiger partial charge in [0.2, 0.25) is 5.91 Å². The first-order chi connectivity index (χ1) is 10.1. The van der Waals surface area contributed by atoms with Crippen molar-refractivity contribution in [3.63, 3.8) is 0 Å². The predicted molar refractivity (Wildman–Crippen MR) is 77.9 cm³/mol. The molecule has 5 nitrogen and oxygen atoms in total. The van der Waals surface area contributed by atoms with Gasteiger partial charge in [-0.25, -0.2) is 0 Å². The van der Waals surface area contributed by atoms with Crippen molar-refractivity contribution in [1.29, 1.82) is 0 Å². The van der Waals surface area contributed by atoms with Crippen LogP contribution in [-0.2, 0) is 20.7 Å². The fourth-order valence-corrected chi connectivity index (χ4v) is 2.57. The minimum absolute atomic E-state index is 0.0440. The first-order valence-electron chi connectivity index (χ1n) is 7.24. The molecule has 1 aromatic carbocycles. The van der Waals surface area contributed by atoms with Gasteiger partial charge in [0, 0.05) is 19.4 Å². The Hall–Kier alpha value is -1.88.